The molecule has 1 atom stereocenters. The molecule has 0 aliphatic carbocycles. The molecule has 2 N–H and O–H groups in total. The molecule has 0 bridgehead atoms. The van der Waals surface area contributed by atoms with Crippen LogP contribution in [0.5, 0.6) is 0 Å². The van der Waals surface area contributed by atoms with Crippen LogP contribution in [0.3, 0.4) is 0 Å². The molecule has 6 nitrogen and oxygen atoms in total. The first-order valence-electron chi connectivity index (χ1n) is 6.46. The summed E-state index contributed by atoms with van der Waals surface area (Å²) < 4.78 is 6.39. The van der Waals surface area contributed by atoms with Crippen LogP contribution in [0.15, 0.2) is 36.7 Å². The summed E-state index contributed by atoms with van der Waals surface area (Å²) in [5.41, 5.74) is 1.88. The van der Waals surface area contributed by atoms with Gasteiger partial charge >= 0.3 is 0 Å². The summed E-state index contributed by atoms with van der Waals surface area (Å²) in [4.78, 5) is 19.8. The maximum absolute atomic E-state index is 12.6. The number of carbonyl (C=O) groups excluding carboxylic acids is 1. The number of aromatic amines is 1. The van der Waals surface area contributed by atoms with Crippen molar-refractivity contribution in [1.82, 2.24) is 14.5 Å². The third-order valence-electron chi connectivity index (χ3n) is 3.54. The standard InChI is InChI=1S/C15H15N3O3/c1-18-12(15(20)21-2)8-17-14(18)13(19)10-7-16-11-6-4-3-5-9(10)11/h3-8,15-16,20H,1-2H3. The Morgan fingerprint density at radius 2 is 2.19 bits per heavy atom. The second-order valence-corrected chi connectivity index (χ2v) is 4.73. The van der Waals surface area contributed by atoms with E-state index in [0.29, 0.717) is 11.3 Å². The van der Waals surface area contributed by atoms with Crippen LogP contribution in [-0.2, 0) is 11.8 Å². The number of para-hydroxylation sites is 1. The number of fused-ring (bicyclic) bond motifs is 1. The van der Waals surface area contributed by atoms with Gasteiger partial charge in [-0.1, -0.05) is 18.2 Å². The van der Waals surface area contributed by atoms with Crippen molar-refractivity contribution in [2.45, 2.75) is 6.29 Å². The fourth-order valence-corrected chi connectivity index (χ4v) is 2.36. The molecule has 0 aliphatic heterocycles. The number of aromatic nitrogens is 3. The van der Waals surface area contributed by atoms with Crippen LogP contribution in [0.2, 0.25) is 0 Å². The highest BCUT2D eigenvalue weighted by Gasteiger charge is 2.22. The number of carbonyl (C=O) groups is 1. The predicted molar refractivity (Wildman–Crippen MR) is 76.9 cm³/mol. The summed E-state index contributed by atoms with van der Waals surface area (Å²) in [6, 6.07) is 7.57. The molecule has 2 aromatic heterocycles. The van der Waals surface area contributed by atoms with Crippen molar-refractivity contribution in [3.63, 3.8) is 0 Å². The first kappa shape index (κ1) is 13.5. The Hall–Kier alpha value is -2.44. The molecule has 1 aromatic carbocycles. The van der Waals surface area contributed by atoms with E-state index < -0.39 is 6.29 Å². The average molecular weight is 285 g/mol. The Kier molecular flexibility index (Phi) is 3.32. The third kappa shape index (κ3) is 2.14. The van der Waals surface area contributed by atoms with Gasteiger partial charge in [0.15, 0.2) is 12.1 Å². The quantitative estimate of drug-likeness (QED) is 0.565. The van der Waals surface area contributed by atoms with Crippen LogP contribution in [0.4, 0.5) is 0 Å². The smallest absolute Gasteiger partial charge is 0.230 e. The van der Waals surface area contributed by atoms with E-state index in [1.165, 1.54) is 17.9 Å². The Morgan fingerprint density at radius 1 is 1.43 bits per heavy atom. The van der Waals surface area contributed by atoms with Gasteiger partial charge in [-0.2, -0.15) is 0 Å². The molecule has 0 saturated carbocycles. The first-order valence-corrected chi connectivity index (χ1v) is 6.46. The van der Waals surface area contributed by atoms with Gasteiger partial charge in [0, 0.05) is 31.3 Å². The Bertz CT molecular complexity index is 803. The maximum atomic E-state index is 12.6. The van der Waals surface area contributed by atoms with Gasteiger partial charge in [-0.25, -0.2) is 4.98 Å². The van der Waals surface area contributed by atoms with E-state index in [0.717, 1.165) is 10.9 Å². The number of ketones is 1. The summed E-state index contributed by atoms with van der Waals surface area (Å²) in [5.74, 6) is 0.0513. The van der Waals surface area contributed by atoms with Crippen molar-refractivity contribution in [2.75, 3.05) is 7.11 Å². The fraction of sp³-hybridized carbons (Fsp3) is 0.200. The van der Waals surface area contributed by atoms with Crippen molar-refractivity contribution in [2.24, 2.45) is 7.05 Å². The molecule has 21 heavy (non-hydrogen) atoms. The number of hydrogen-bond acceptors (Lipinski definition) is 4. The monoisotopic (exact) mass is 285 g/mol. The van der Waals surface area contributed by atoms with Gasteiger partial charge in [-0.15, -0.1) is 0 Å². The van der Waals surface area contributed by atoms with Gasteiger partial charge in [0.05, 0.1) is 17.5 Å². The van der Waals surface area contributed by atoms with E-state index in [9.17, 15) is 9.90 Å². The molecule has 3 aromatic rings. The number of H-pyrrole nitrogens is 1. The van der Waals surface area contributed by atoms with Gasteiger partial charge in [-0.05, 0) is 6.07 Å². The van der Waals surface area contributed by atoms with Crippen molar-refractivity contribution in [1.29, 1.82) is 0 Å². The van der Waals surface area contributed by atoms with E-state index in [1.807, 2.05) is 24.3 Å². The molecule has 0 radical (unpaired) electrons. The van der Waals surface area contributed by atoms with Crippen LogP contribution in [-0.4, -0.2) is 32.5 Å². The highest BCUT2D eigenvalue weighted by molar-refractivity contribution is 6.14. The molecule has 2 heterocycles. The highest BCUT2D eigenvalue weighted by atomic mass is 16.6. The number of aliphatic hydroxyl groups excluding tert-OH is 1. The van der Waals surface area contributed by atoms with Gasteiger partial charge in [0.25, 0.3) is 0 Å². The van der Waals surface area contributed by atoms with Crippen molar-refractivity contribution >= 4 is 16.7 Å². The molecular formula is C15H15N3O3. The molecule has 0 fully saturated rings. The number of nitrogens with one attached hydrogen (secondary N) is 1. The molecule has 0 aliphatic rings. The lowest BCUT2D eigenvalue weighted by Gasteiger charge is -2.09. The number of aliphatic hydroxyl groups is 1. The molecule has 6 heteroatoms. The maximum Gasteiger partial charge on any atom is 0.230 e. The SMILES string of the molecule is COC(O)c1cnc(C(=O)c2c[nH]c3ccccc23)n1C. The number of benzene rings is 1. The zero-order chi connectivity index (χ0) is 15.0. The van der Waals surface area contributed by atoms with Crippen molar-refractivity contribution in [3.05, 3.63) is 53.7 Å². The van der Waals surface area contributed by atoms with Crippen molar-refractivity contribution < 1.29 is 14.6 Å². The van der Waals surface area contributed by atoms with Crippen LogP contribution in [0, 0.1) is 0 Å². The summed E-state index contributed by atoms with van der Waals surface area (Å²) >= 11 is 0. The molecular weight excluding hydrogens is 270 g/mol. The highest BCUT2D eigenvalue weighted by Crippen LogP contribution is 2.22. The minimum atomic E-state index is -1.10. The lowest BCUT2D eigenvalue weighted by atomic mass is 10.1. The number of imidazole rings is 1. The number of rotatable bonds is 4. The topological polar surface area (TPSA) is 80.1 Å². The zero-order valence-electron chi connectivity index (χ0n) is 11.7. The van der Waals surface area contributed by atoms with Crippen molar-refractivity contribution in [3.8, 4) is 0 Å². The second kappa shape index (κ2) is 5.16. The van der Waals surface area contributed by atoms with Gasteiger partial charge < -0.3 is 19.4 Å². The Morgan fingerprint density at radius 3 is 2.95 bits per heavy atom. The summed E-state index contributed by atoms with van der Waals surface area (Å²) in [6.07, 6.45) is 2.01. The minimum absolute atomic E-state index is 0.204. The van der Waals surface area contributed by atoms with E-state index in [-0.39, 0.29) is 11.6 Å². The number of ether oxygens (including phenoxy) is 1. The third-order valence-corrected chi connectivity index (χ3v) is 3.54. The number of methoxy groups -OCH3 is 1. The fourth-order valence-electron chi connectivity index (χ4n) is 2.36. The number of nitrogens with zero attached hydrogens (tertiary/aromatic N) is 2. The largest absolute Gasteiger partial charge is 0.363 e. The zero-order valence-corrected chi connectivity index (χ0v) is 11.7. The number of hydrogen-bond donors (Lipinski definition) is 2. The first-order chi connectivity index (χ1) is 10.1. The molecule has 0 spiro atoms. The molecule has 3 rings (SSSR count). The summed E-state index contributed by atoms with van der Waals surface area (Å²) in [7, 11) is 3.06. The summed E-state index contributed by atoms with van der Waals surface area (Å²) in [5, 5.41) is 10.6. The normalized spacial score (nSPS) is 12.7. The van der Waals surface area contributed by atoms with Crippen LogP contribution < -0.4 is 0 Å². The predicted octanol–water partition coefficient (Wildman–Crippen LogP) is 1.77. The van der Waals surface area contributed by atoms with Gasteiger partial charge in [-0.3, -0.25) is 4.79 Å². The summed E-state index contributed by atoms with van der Waals surface area (Å²) in [6.45, 7) is 0. The van der Waals surface area contributed by atoms with E-state index in [1.54, 1.807) is 13.2 Å². The Balaban J connectivity index is 2.05. The van der Waals surface area contributed by atoms with Crippen LogP contribution >= 0.6 is 0 Å². The van der Waals surface area contributed by atoms with E-state index in [4.69, 9.17) is 4.74 Å². The minimum Gasteiger partial charge on any atom is -0.363 e. The van der Waals surface area contributed by atoms with Crippen LogP contribution in [0.25, 0.3) is 10.9 Å². The molecule has 1 unspecified atom stereocenters. The average Bonchev–Trinajstić information content (AvgIpc) is 3.09. The molecule has 0 amide bonds. The Labute approximate surface area is 121 Å². The second-order valence-electron chi connectivity index (χ2n) is 4.73. The lowest BCUT2D eigenvalue weighted by Crippen LogP contribution is -2.12. The molecule has 0 saturated heterocycles. The van der Waals surface area contributed by atoms with Crippen LogP contribution in [0.1, 0.15) is 28.2 Å². The molecule has 108 valence electrons. The van der Waals surface area contributed by atoms with Gasteiger partial charge in [0.2, 0.25) is 5.78 Å². The van der Waals surface area contributed by atoms with Gasteiger partial charge in [0.1, 0.15) is 0 Å². The van der Waals surface area contributed by atoms with E-state index in [2.05, 4.69) is 9.97 Å². The lowest BCUT2D eigenvalue weighted by molar-refractivity contribution is -0.0816. The van der Waals surface area contributed by atoms with E-state index >= 15 is 0 Å².